The maximum Gasteiger partial charge on any atom is 0.266 e. The van der Waals surface area contributed by atoms with Crippen LogP contribution in [0.1, 0.15) is 36.0 Å². The van der Waals surface area contributed by atoms with Crippen molar-refractivity contribution in [1.29, 1.82) is 0 Å². The SMILES string of the molecule is Cc1cc(C)c(S(=O)(=O)N2CCN=C2N2CCCCC2)cc1C. The van der Waals surface area contributed by atoms with E-state index in [1.165, 1.54) is 10.7 Å². The molecule has 0 amide bonds. The first kappa shape index (κ1) is 16.3. The summed E-state index contributed by atoms with van der Waals surface area (Å²) in [7, 11) is -3.55. The molecule has 1 aromatic rings. The monoisotopic (exact) mass is 335 g/mol. The van der Waals surface area contributed by atoms with E-state index in [9.17, 15) is 8.42 Å². The highest BCUT2D eigenvalue weighted by atomic mass is 32.2. The zero-order valence-electron chi connectivity index (χ0n) is 14.2. The third-order valence-corrected chi connectivity index (χ3v) is 6.70. The third-order valence-electron chi connectivity index (χ3n) is 4.78. The van der Waals surface area contributed by atoms with Crippen LogP contribution in [0.2, 0.25) is 0 Å². The molecule has 2 aliphatic heterocycles. The molecule has 1 saturated heterocycles. The van der Waals surface area contributed by atoms with Gasteiger partial charge in [0.15, 0.2) is 0 Å². The number of hydrogen-bond acceptors (Lipinski definition) is 4. The van der Waals surface area contributed by atoms with Crippen LogP contribution < -0.4 is 0 Å². The lowest BCUT2D eigenvalue weighted by Crippen LogP contribution is -2.47. The Kier molecular flexibility index (Phi) is 4.36. The fourth-order valence-electron chi connectivity index (χ4n) is 3.33. The van der Waals surface area contributed by atoms with Crippen molar-refractivity contribution in [2.24, 2.45) is 4.99 Å². The summed E-state index contributed by atoms with van der Waals surface area (Å²) in [4.78, 5) is 7.03. The summed E-state index contributed by atoms with van der Waals surface area (Å²) in [6.07, 6.45) is 3.43. The number of hydrogen-bond donors (Lipinski definition) is 0. The smallest absolute Gasteiger partial charge is 0.266 e. The van der Waals surface area contributed by atoms with Gasteiger partial charge in [0.1, 0.15) is 0 Å². The van der Waals surface area contributed by atoms with Crippen molar-refractivity contribution in [1.82, 2.24) is 9.21 Å². The summed E-state index contributed by atoms with van der Waals surface area (Å²) in [5, 5.41) is 0. The number of likely N-dealkylation sites (tertiary alicyclic amines) is 1. The van der Waals surface area contributed by atoms with Gasteiger partial charge in [0.05, 0.1) is 18.0 Å². The Morgan fingerprint density at radius 1 is 0.913 bits per heavy atom. The van der Waals surface area contributed by atoms with Gasteiger partial charge in [0, 0.05) is 13.1 Å². The first-order valence-corrected chi connectivity index (χ1v) is 9.75. The molecule has 0 unspecified atom stereocenters. The van der Waals surface area contributed by atoms with E-state index in [4.69, 9.17) is 0 Å². The topological polar surface area (TPSA) is 53.0 Å². The van der Waals surface area contributed by atoms with E-state index in [0.717, 1.165) is 42.6 Å². The van der Waals surface area contributed by atoms with Gasteiger partial charge in [0.2, 0.25) is 5.96 Å². The summed E-state index contributed by atoms with van der Waals surface area (Å²) in [6.45, 7) is 8.63. The fourth-order valence-corrected chi connectivity index (χ4v) is 5.07. The molecule has 126 valence electrons. The second-order valence-electron chi connectivity index (χ2n) is 6.51. The number of guanidine groups is 1. The number of sulfonamides is 1. The number of aryl methyl sites for hydroxylation is 3. The van der Waals surface area contributed by atoms with Crippen LogP contribution in [0.3, 0.4) is 0 Å². The second-order valence-corrected chi connectivity index (χ2v) is 8.34. The van der Waals surface area contributed by atoms with Gasteiger partial charge in [0.25, 0.3) is 10.0 Å². The van der Waals surface area contributed by atoms with Crippen LogP contribution in [0.5, 0.6) is 0 Å². The molecule has 3 rings (SSSR count). The minimum absolute atomic E-state index is 0.409. The Morgan fingerprint density at radius 3 is 2.26 bits per heavy atom. The third kappa shape index (κ3) is 2.96. The molecule has 0 aliphatic carbocycles. The minimum atomic E-state index is -3.55. The molecule has 23 heavy (non-hydrogen) atoms. The van der Waals surface area contributed by atoms with Crippen molar-refractivity contribution in [3.05, 3.63) is 28.8 Å². The van der Waals surface area contributed by atoms with Crippen LogP contribution in [-0.4, -0.2) is 49.8 Å². The summed E-state index contributed by atoms with van der Waals surface area (Å²) in [5.74, 6) is 0.641. The lowest BCUT2D eigenvalue weighted by molar-refractivity contribution is 0.321. The molecule has 0 N–H and O–H groups in total. The highest BCUT2D eigenvalue weighted by molar-refractivity contribution is 7.89. The van der Waals surface area contributed by atoms with E-state index < -0.39 is 10.0 Å². The number of piperidine rings is 1. The van der Waals surface area contributed by atoms with E-state index in [2.05, 4.69) is 9.89 Å². The summed E-state index contributed by atoms with van der Waals surface area (Å²) >= 11 is 0. The van der Waals surface area contributed by atoms with Crippen LogP contribution in [-0.2, 0) is 10.0 Å². The minimum Gasteiger partial charge on any atom is -0.342 e. The van der Waals surface area contributed by atoms with Gasteiger partial charge in [-0.25, -0.2) is 12.7 Å². The zero-order chi connectivity index (χ0) is 16.6. The standard InChI is InChI=1S/C17H25N3O2S/c1-13-11-15(3)16(12-14(13)2)23(21,22)20-10-7-18-17(20)19-8-5-4-6-9-19/h11-12H,4-10H2,1-3H3. The van der Waals surface area contributed by atoms with E-state index in [-0.39, 0.29) is 0 Å². The summed E-state index contributed by atoms with van der Waals surface area (Å²) in [6, 6.07) is 3.75. The molecule has 2 heterocycles. The maximum absolute atomic E-state index is 13.2. The van der Waals surface area contributed by atoms with Crippen LogP contribution in [0, 0.1) is 20.8 Å². The molecule has 0 atom stereocenters. The summed E-state index contributed by atoms with van der Waals surface area (Å²) in [5.41, 5.74) is 2.93. The molecular weight excluding hydrogens is 310 g/mol. The van der Waals surface area contributed by atoms with Gasteiger partial charge < -0.3 is 4.90 Å². The van der Waals surface area contributed by atoms with Crippen LogP contribution in [0.25, 0.3) is 0 Å². The summed E-state index contributed by atoms with van der Waals surface area (Å²) < 4.78 is 27.9. The van der Waals surface area contributed by atoms with Gasteiger partial charge in [-0.15, -0.1) is 0 Å². The molecule has 0 bridgehead atoms. The molecule has 1 aromatic carbocycles. The Hall–Kier alpha value is -1.56. The van der Waals surface area contributed by atoms with Crippen molar-refractivity contribution in [2.45, 2.75) is 44.9 Å². The van der Waals surface area contributed by atoms with E-state index in [1.807, 2.05) is 26.8 Å². The highest BCUT2D eigenvalue weighted by Crippen LogP contribution is 2.26. The number of benzene rings is 1. The Morgan fingerprint density at radius 2 is 1.57 bits per heavy atom. The number of rotatable bonds is 2. The molecule has 2 aliphatic rings. The molecule has 0 radical (unpaired) electrons. The molecule has 0 aromatic heterocycles. The lowest BCUT2D eigenvalue weighted by atomic mass is 10.1. The Labute approximate surface area is 139 Å². The van der Waals surface area contributed by atoms with Gasteiger partial charge >= 0.3 is 0 Å². The predicted octanol–water partition coefficient (Wildman–Crippen LogP) is 2.46. The second kappa shape index (κ2) is 6.15. The van der Waals surface area contributed by atoms with Crippen LogP contribution >= 0.6 is 0 Å². The van der Waals surface area contributed by atoms with Crippen molar-refractivity contribution in [2.75, 3.05) is 26.2 Å². The number of aliphatic imine (C=N–C) groups is 1. The van der Waals surface area contributed by atoms with E-state index in [0.29, 0.717) is 23.9 Å². The van der Waals surface area contributed by atoms with Gasteiger partial charge in [-0.2, -0.15) is 0 Å². The zero-order valence-corrected chi connectivity index (χ0v) is 15.0. The lowest BCUT2D eigenvalue weighted by Gasteiger charge is -2.33. The van der Waals surface area contributed by atoms with Gasteiger partial charge in [-0.3, -0.25) is 4.99 Å². The first-order chi connectivity index (χ1) is 10.9. The van der Waals surface area contributed by atoms with E-state index in [1.54, 1.807) is 6.07 Å². The van der Waals surface area contributed by atoms with Crippen LogP contribution in [0.4, 0.5) is 0 Å². The van der Waals surface area contributed by atoms with E-state index >= 15 is 0 Å². The van der Waals surface area contributed by atoms with Crippen molar-refractivity contribution < 1.29 is 8.42 Å². The highest BCUT2D eigenvalue weighted by Gasteiger charge is 2.35. The molecule has 6 heteroatoms. The Balaban J connectivity index is 1.96. The molecule has 5 nitrogen and oxygen atoms in total. The quantitative estimate of drug-likeness (QED) is 0.834. The average molecular weight is 335 g/mol. The van der Waals surface area contributed by atoms with Crippen LogP contribution in [0.15, 0.2) is 22.0 Å². The number of nitrogens with zero attached hydrogens (tertiary/aromatic N) is 3. The van der Waals surface area contributed by atoms with Gasteiger partial charge in [-0.05, 0) is 62.8 Å². The molecule has 0 saturated carbocycles. The van der Waals surface area contributed by atoms with Crippen molar-refractivity contribution in [3.63, 3.8) is 0 Å². The predicted molar refractivity (Wildman–Crippen MR) is 92.3 cm³/mol. The fraction of sp³-hybridized carbons (Fsp3) is 0.588. The average Bonchev–Trinajstić information content (AvgIpc) is 3.02. The van der Waals surface area contributed by atoms with Crippen molar-refractivity contribution >= 4 is 16.0 Å². The first-order valence-electron chi connectivity index (χ1n) is 8.31. The van der Waals surface area contributed by atoms with Gasteiger partial charge in [-0.1, -0.05) is 6.07 Å². The normalized spacial score (nSPS) is 19.2. The van der Waals surface area contributed by atoms with Crippen molar-refractivity contribution in [3.8, 4) is 0 Å². The Bertz CT molecular complexity index is 734. The molecule has 1 fully saturated rings. The molecular formula is C17H25N3O2S. The largest absolute Gasteiger partial charge is 0.342 e. The molecule has 0 spiro atoms. The maximum atomic E-state index is 13.2.